The van der Waals surface area contributed by atoms with Crippen LogP contribution >= 0.6 is 0 Å². The molecule has 3 nitrogen and oxygen atoms in total. The van der Waals surface area contributed by atoms with Gasteiger partial charge in [0.1, 0.15) is 0 Å². The van der Waals surface area contributed by atoms with E-state index in [0.29, 0.717) is 12.6 Å². The van der Waals surface area contributed by atoms with Crippen LogP contribution < -0.4 is 5.32 Å². The van der Waals surface area contributed by atoms with Crippen molar-refractivity contribution < 1.29 is 5.11 Å². The minimum atomic E-state index is -0.466. The zero-order chi connectivity index (χ0) is 15.4. The van der Waals surface area contributed by atoms with Gasteiger partial charge in [-0.25, -0.2) is 0 Å². The summed E-state index contributed by atoms with van der Waals surface area (Å²) in [5.74, 6) is 0. The molecule has 3 heteroatoms. The van der Waals surface area contributed by atoms with Gasteiger partial charge in [-0.15, -0.1) is 0 Å². The summed E-state index contributed by atoms with van der Waals surface area (Å²) in [6.45, 7) is 2.72. The summed E-state index contributed by atoms with van der Waals surface area (Å²) in [6.07, 6.45) is 2.55. The van der Waals surface area contributed by atoms with Gasteiger partial charge >= 0.3 is 0 Å². The Hall–Kier alpha value is -2.10. The average molecular weight is 294 g/mol. The highest BCUT2D eigenvalue weighted by atomic mass is 16.3. The highest BCUT2D eigenvalue weighted by molar-refractivity contribution is 5.83. The SMILES string of the molecule is CC(Cc1c[nH]c2ccccc12)NCC(O)c1ccccc1. The number of hydrogen-bond donors (Lipinski definition) is 3. The third kappa shape index (κ3) is 3.38. The number of para-hydroxylation sites is 1. The Kier molecular flexibility index (Phi) is 4.56. The lowest BCUT2D eigenvalue weighted by Gasteiger charge is -2.17. The number of rotatable bonds is 6. The van der Waals surface area contributed by atoms with Crippen LogP contribution in [-0.4, -0.2) is 22.7 Å². The van der Waals surface area contributed by atoms with Gasteiger partial charge in [0.2, 0.25) is 0 Å². The minimum absolute atomic E-state index is 0.303. The molecular weight excluding hydrogens is 272 g/mol. The second-order valence-electron chi connectivity index (χ2n) is 5.80. The van der Waals surface area contributed by atoms with Crippen LogP contribution in [0.15, 0.2) is 60.8 Å². The maximum atomic E-state index is 10.2. The summed E-state index contributed by atoms with van der Waals surface area (Å²) < 4.78 is 0. The average Bonchev–Trinajstić information content (AvgIpc) is 2.97. The van der Waals surface area contributed by atoms with Crippen LogP contribution in [0.25, 0.3) is 10.9 Å². The minimum Gasteiger partial charge on any atom is -0.387 e. The molecule has 22 heavy (non-hydrogen) atoms. The predicted octanol–water partition coefficient (Wildman–Crippen LogP) is 3.42. The van der Waals surface area contributed by atoms with Gasteiger partial charge in [0, 0.05) is 29.7 Å². The van der Waals surface area contributed by atoms with E-state index in [-0.39, 0.29) is 0 Å². The molecule has 0 aliphatic heterocycles. The standard InChI is InChI=1S/C19H22N2O/c1-14(20-13-19(22)15-7-3-2-4-8-15)11-16-12-21-18-10-6-5-9-17(16)18/h2-10,12,14,19-22H,11,13H2,1H3. The number of H-pyrrole nitrogens is 1. The molecule has 0 spiro atoms. The fourth-order valence-electron chi connectivity index (χ4n) is 2.81. The molecule has 1 heterocycles. The van der Waals surface area contributed by atoms with E-state index >= 15 is 0 Å². The Morgan fingerprint density at radius 3 is 2.59 bits per heavy atom. The van der Waals surface area contributed by atoms with Crippen LogP contribution in [0.4, 0.5) is 0 Å². The molecule has 0 saturated heterocycles. The van der Waals surface area contributed by atoms with Crippen molar-refractivity contribution in [2.24, 2.45) is 0 Å². The summed E-state index contributed by atoms with van der Waals surface area (Å²) in [5.41, 5.74) is 3.44. The van der Waals surface area contributed by atoms with Crippen LogP contribution in [0, 0.1) is 0 Å². The molecule has 2 aromatic carbocycles. The summed E-state index contributed by atoms with van der Waals surface area (Å²) in [7, 11) is 0. The Bertz CT molecular complexity index is 720. The molecule has 114 valence electrons. The zero-order valence-electron chi connectivity index (χ0n) is 12.8. The van der Waals surface area contributed by atoms with Gasteiger partial charge in [0.05, 0.1) is 6.10 Å². The van der Waals surface area contributed by atoms with Gasteiger partial charge in [-0.3, -0.25) is 0 Å². The topological polar surface area (TPSA) is 48.0 Å². The molecule has 0 aliphatic rings. The molecule has 0 amide bonds. The largest absolute Gasteiger partial charge is 0.387 e. The molecule has 3 aromatic rings. The molecule has 0 radical (unpaired) electrons. The lowest BCUT2D eigenvalue weighted by molar-refractivity contribution is 0.170. The Morgan fingerprint density at radius 1 is 1.05 bits per heavy atom. The first-order chi connectivity index (χ1) is 10.7. The molecule has 0 saturated carbocycles. The number of aromatic amines is 1. The van der Waals surface area contributed by atoms with Gasteiger partial charge in [-0.05, 0) is 30.5 Å². The monoisotopic (exact) mass is 294 g/mol. The second kappa shape index (κ2) is 6.77. The van der Waals surface area contributed by atoms with E-state index in [4.69, 9.17) is 0 Å². The molecule has 3 N–H and O–H groups in total. The van der Waals surface area contributed by atoms with Gasteiger partial charge in [0.25, 0.3) is 0 Å². The first-order valence-electron chi connectivity index (χ1n) is 7.75. The highest BCUT2D eigenvalue weighted by Crippen LogP contribution is 2.19. The third-order valence-electron chi connectivity index (χ3n) is 4.05. The van der Waals surface area contributed by atoms with Gasteiger partial charge < -0.3 is 15.4 Å². The lowest BCUT2D eigenvalue weighted by atomic mass is 10.1. The van der Waals surface area contributed by atoms with E-state index in [1.54, 1.807) is 0 Å². The van der Waals surface area contributed by atoms with Crippen molar-refractivity contribution >= 4 is 10.9 Å². The highest BCUT2D eigenvalue weighted by Gasteiger charge is 2.11. The normalized spacial score (nSPS) is 14.1. The van der Waals surface area contributed by atoms with Gasteiger partial charge in [-0.2, -0.15) is 0 Å². The number of aromatic nitrogens is 1. The first-order valence-corrected chi connectivity index (χ1v) is 7.75. The molecule has 0 bridgehead atoms. The van der Waals surface area contributed by atoms with Crippen LogP contribution in [0.3, 0.4) is 0 Å². The first kappa shape index (κ1) is 14.8. The second-order valence-corrected chi connectivity index (χ2v) is 5.80. The fourth-order valence-corrected chi connectivity index (χ4v) is 2.81. The van der Waals surface area contributed by atoms with Crippen LogP contribution in [0.2, 0.25) is 0 Å². The lowest BCUT2D eigenvalue weighted by Crippen LogP contribution is -2.32. The van der Waals surface area contributed by atoms with Crippen molar-refractivity contribution in [3.63, 3.8) is 0 Å². The molecule has 0 aliphatic carbocycles. The van der Waals surface area contributed by atoms with E-state index in [1.807, 2.05) is 36.4 Å². The predicted molar refractivity (Wildman–Crippen MR) is 90.9 cm³/mol. The Labute approximate surface area is 131 Å². The van der Waals surface area contributed by atoms with Crippen molar-refractivity contribution in [3.05, 3.63) is 71.9 Å². The summed E-state index contributed by atoms with van der Waals surface area (Å²) in [4.78, 5) is 3.31. The number of aliphatic hydroxyl groups excluding tert-OH is 1. The van der Waals surface area contributed by atoms with Gasteiger partial charge in [0.15, 0.2) is 0 Å². The Balaban J connectivity index is 1.57. The van der Waals surface area contributed by atoms with Crippen molar-refractivity contribution in [3.8, 4) is 0 Å². The maximum Gasteiger partial charge on any atom is 0.0914 e. The van der Waals surface area contributed by atoms with E-state index < -0.39 is 6.10 Å². The molecule has 2 unspecified atom stereocenters. The number of aliphatic hydroxyl groups is 1. The van der Waals surface area contributed by atoms with E-state index in [0.717, 1.165) is 12.0 Å². The molecule has 2 atom stereocenters. The summed E-state index contributed by atoms with van der Waals surface area (Å²) in [5, 5.41) is 14.9. The van der Waals surface area contributed by atoms with Crippen LogP contribution in [0.5, 0.6) is 0 Å². The van der Waals surface area contributed by atoms with Crippen LogP contribution in [0.1, 0.15) is 24.2 Å². The number of nitrogens with one attached hydrogen (secondary N) is 2. The van der Waals surface area contributed by atoms with Crippen molar-refractivity contribution in [1.82, 2.24) is 10.3 Å². The smallest absolute Gasteiger partial charge is 0.0914 e. The fraction of sp³-hybridized carbons (Fsp3) is 0.263. The molecule has 3 rings (SSSR count). The van der Waals surface area contributed by atoms with Crippen molar-refractivity contribution in [2.45, 2.75) is 25.5 Å². The quantitative estimate of drug-likeness (QED) is 0.652. The number of benzene rings is 2. The molecule has 1 aromatic heterocycles. The van der Waals surface area contributed by atoms with Crippen molar-refractivity contribution in [2.75, 3.05) is 6.54 Å². The maximum absolute atomic E-state index is 10.2. The zero-order valence-corrected chi connectivity index (χ0v) is 12.8. The number of fused-ring (bicyclic) bond motifs is 1. The molecular formula is C19H22N2O. The number of hydrogen-bond acceptors (Lipinski definition) is 2. The van der Waals surface area contributed by atoms with Crippen LogP contribution in [-0.2, 0) is 6.42 Å². The summed E-state index contributed by atoms with van der Waals surface area (Å²) in [6, 6.07) is 18.4. The Morgan fingerprint density at radius 2 is 1.77 bits per heavy atom. The van der Waals surface area contributed by atoms with E-state index in [9.17, 15) is 5.11 Å². The molecule has 0 fully saturated rings. The van der Waals surface area contributed by atoms with E-state index in [1.165, 1.54) is 16.5 Å². The van der Waals surface area contributed by atoms with E-state index in [2.05, 4.69) is 41.6 Å². The summed E-state index contributed by atoms with van der Waals surface area (Å²) >= 11 is 0. The third-order valence-corrected chi connectivity index (χ3v) is 4.05. The van der Waals surface area contributed by atoms with Gasteiger partial charge in [-0.1, -0.05) is 48.5 Å². The van der Waals surface area contributed by atoms with Crippen molar-refractivity contribution in [1.29, 1.82) is 0 Å².